The molecule has 0 spiro atoms. The Morgan fingerprint density at radius 2 is 1.94 bits per heavy atom. The van der Waals surface area contributed by atoms with E-state index in [1.807, 2.05) is 6.92 Å². The number of pyridine rings is 1. The molecule has 34 heavy (non-hydrogen) atoms. The first-order valence-electron chi connectivity index (χ1n) is 12.7. The number of nitrogens with two attached hydrogens (primary N) is 1. The van der Waals surface area contributed by atoms with Crippen LogP contribution in [0.1, 0.15) is 84.3 Å². The van der Waals surface area contributed by atoms with Gasteiger partial charge in [0, 0.05) is 42.8 Å². The van der Waals surface area contributed by atoms with Crippen molar-refractivity contribution in [2.75, 3.05) is 18.9 Å². The molecule has 2 aromatic heterocycles. The van der Waals surface area contributed by atoms with Gasteiger partial charge >= 0.3 is 0 Å². The predicted molar refractivity (Wildman–Crippen MR) is 151 cm³/mol. The van der Waals surface area contributed by atoms with Gasteiger partial charge in [0.25, 0.3) is 0 Å². The highest BCUT2D eigenvalue weighted by atomic mass is 15.1. The Hall–Kier alpha value is -2.82. The molecular weight excluding hydrogens is 418 g/mol. The molecule has 5 heteroatoms. The zero-order valence-electron chi connectivity index (χ0n) is 22.8. The summed E-state index contributed by atoms with van der Waals surface area (Å²) in [7, 11) is 1.79. The van der Waals surface area contributed by atoms with Gasteiger partial charge in [-0.2, -0.15) is 0 Å². The summed E-state index contributed by atoms with van der Waals surface area (Å²) in [6.07, 6.45) is 11.6. The highest BCUT2D eigenvalue weighted by Gasteiger charge is 2.21. The van der Waals surface area contributed by atoms with Crippen LogP contribution < -0.4 is 11.1 Å². The van der Waals surface area contributed by atoms with Crippen molar-refractivity contribution >= 4 is 28.0 Å². The molecule has 2 aromatic rings. The molecule has 0 aliphatic rings. The SMILES string of the molecule is CC/C=C\C(=C/C(C)CC)CNc1cc(C(=CN)C(C)=NC)nc2c(C)c(CC)n(C(C)C)c12. The molecule has 0 saturated carbocycles. The van der Waals surface area contributed by atoms with Gasteiger partial charge in [0.2, 0.25) is 0 Å². The lowest BCUT2D eigenvalue weighted by molar-refractivity contribution is 0.596. The smallest absolute Gasteiger partial charge is 0.0942 e. The number of hydrogen-bond acceptors (Lipinski definition) is 4. The number of allylic oxidation sites excluding steroid dienone is 3. The average molecular weight is 464 g/mol. The van der Waals surface area contributed by atoms with Crippen LogP contribution in [0.15, 0.2) is 41.1 Å². The van der Waals surface area contributed by atoms with Crippen LogP contribution in [-0.4, -0.2) is 28.9 Å². The van der Waals surface area contributed by atoms with Crippen molar-refractivity contribution in [1.29, 1.82) is 0 Å². The van der Waals surface area contributed by atoms with Crippen molar-refractivity contribution in [2.45, 2.75) is 80.7 Å². The topological polar surface area (TPSA) is 68.2 Å². The maximum atomic E-state index is 6.04. The third kappa shape index (κ3) is 5.99. The molecule has 0 fully saturated rings. The molecule has 1 atom stereocenters. The number of aliphatic imine (C=N–C) groups is 1. The molecule has 0 aliphatic carbocycles. The van der Waals surface area contributed by atoms with E-state index in [1.165, 1.54) is 16.8 Å². The molecule has 0 bridgehead atoms. The summed E-state index contributed by atoms with van der Waals surface area (Å²) in [4.78, 5) is 9.48. The van der Waals surface area contributed by atoms with E-state index in [-0.39, 0.29) is 0 Å². The molecule has 0 amide bonds. The lowest BCUT2D eigenvalue weighted by Crippen LogP contribution is -2.11. The fourth-order valence-electron chi connectivity index (χ4n) is 4.41. The van der Waals surface area contributed by atoms with Crippen LogP contribution in [-0.2, 0) is 6.42 Å². The Morgan fingerprint density at radius 3 is 2.47 bits per heavy atom. The number of nitrogens with zero attached hydrogens (tertiary/aromatic N) is 3. The second-order valence-corrected chi connectivity index (χ2v) is 9.32. The van der Waals surface area contributed by atoms with Crippen molar-refractivity contribution in [1.82, 2.24) is 9.55 Å². The van der Waals surface area contributed by atoms with Crippen molar-refractivity contribution < 1.29 is 0 Å². The molecule has 0 aliphatic heterocycles. The number of aryl methyl sites for hydroxylation is 1. The lowest BCUT2D eigenvalue weighted by atomic mass is 10.0. The predicted octanol–water partition coefficient (Wildman–Crippen LogP) is 7.23. The molecular formula is C29H45N5. The minimum atomic E-state index is 0.331. The molecule has 0 radical (unpaired) electrons. The molecule has 3 N–H and O–H groups in total. The van der Waals surface area contributed by atoms with Crippen LogP contribution in [0.25, 0.3) is 16.6 Å². The van der Waals surface area contributed by atoms with Crippen molar-refractivity contribution in [2.24, 2.45) is 16.6 Å². The Bertz CT molecular complexity index is 1100. The summed E-state index contributed by atoms with van der Waals surface area (Å²) in [6, 6.07) is 2.47. The molecule has 0 aromatic carbocycles. The molecule has 2 rings (SSSR count). The van der Waals surface area contributed by atoms with E-state index in [0.29, 0.717) is 12.0 Å². The van der Waals surface area contributed by atoms with Gasteiger partial charge in [-0.1, -0.05) is 52.3 Å². The quantitative estimate of drug-likeness (QED) is 0.273. The largest absolute Gasteiger partial charge is 0.404 e. The first-order valence-corrected chi connectivity index (χ1v) is 12.7. The summed E-state index contributed by atoms with van der Waals surface area (Å²) >= 11 is 0. The minimum absolute atomic E-state index is 0.331. The fraction of sp³-hybridized carbons (Fsp3) is 0.517. The third-order valence-electron chi connectivity index (χ3n) is 6.52. The van der Waals surface area contributed by atoms with Crippen molar-refractivity contribution in [3.05, 3.63) is 53.0 Å². The molecule has 0 saturated heterocycles. The average Bonchev–Trinajstić information content (AvgIpc) is 3.12. The van der Waals surface area contributed by atoms with Gasteiger partial charge in [-0.25, -0.2) is 4.98 Å². The van der Waals surface area contributed by atoms with Crippen molar-refractivity contribution in [3.8, 4) is 0 Å². The fourth-order valence-corrected chi connectivity index (χ4v) is 4.41. The number of hydrogen-bond donors (Lipinski definition) is 2. The number of aromatic nitrogens is 2. The van der Waals surface area contributed by atoms with Crippen LogP contribution in [0.4, 0.5) is 5.69 Å². The molecule has 2 heterocycles. The van der Waals surface area contributed by atoms with Gasteiger partial charge in [-0.05, 0) is 63.7 Å². The zero-order valence-corrected chi connectivity index (χ0v) is 22.8. The van der Waals surface area contributed by atoms with Crippen LogP contribution in [0.2, 0.25) is 0 Å². The van der Waals surface area contributed by atoms with Crippen LogP contribution in [0.5, 0.6) is 0 Å². The van der Waals surface area contributed by atoms with Crippen LogP contribution in [0.3, 0.4) is 0 Å². The van der Waals surface area contributed by atoms with Gasteiger partial charge in [0.05, 0.1) is 22.4 Å². The van der Waals surface area contributed by atoms with E-state index in [4.69, 9.17) is 10.7 Å². The maximum absolute atomic E-state index is 6.04. The number of nitrogens with one attached hydrogen (secondary N) is 1. The number of anilines is 1. The van der Waals surface area contributed by atoms with Gasteiger partial charge in [-0.3, -0.25) is 4.99 Å². The molecule has 186 valence electrons. The Labute approximate surface area is 206 Å². The summed E-state index contributed by atoms with van der Waals surface area (Å²) in [5.41, 5.74) is 15.8. The van der Waals surface area contributed by atoms with E-state index < -0.39 is 0 Å². The second kappa shape index (κ2) is 12.6. The lowest BCUT2D eigenvalue weighted by Gasteiger charge is -2.18. The van der Waals surface area contributed by atoms with Gasteiger partial charge in [0.1, 0.15) is 0 Å². The number of fused-ring (bicyclic) bond motifs is 1. The monoisotopic (exact) mass is 463 g/mol. The Kier molecular flexibility index (Phi) is 10.2. The van der Waals surface area contributed by atoms with E-state index in [1.54, 1.807) is 13.2 Å². The van der Waals surface area contributed by atoms with E-state index in [2.05, 4.69) is 87.6 Å². The number of rotatable bonds is 11. The second-order valence-electron chi connectivity index (χ2n) is 9.32. The normalized spacial score (nSPS) is 14.6. The molecule has 1 unspecified atom stereocenters. The summed E-state index contributed by atoms with van der Waals surface area (Å²) in [6.45, 7) is 18.3. The standard InChI is InChI=1S/C29H45N5/c1-10-13-14-23(15-20(6)11-2)18-32-26-16-25(24(17-30)22(8)31-9)33-28-21(7)27(12-3)34(19(4)5)29(26)28/h13-17,19-20H,10-12,18,30H2,1-9H3,(H,32,33)/b14-13-,23-15+,24-17?,31-22?. The summed E-state index contributed by atoms with van der Waals surface area (Å²) < 4.78 is 2.44. The van der Waals surface area contributed by atoms with Gasteiger partial charge in [-0.15, -0.1) is 0 Å². The summed E-state index contributed by atoms with van der Waals surface area (Å²) in [5.74, 6) is 0.537. The van der Waals surface area contributed by atoms with Gasteiger partial charge in [0.15, 0.2) is 0 Å². The van der Waals surface area contributed by atoms with E-state index in [0.717, 1.165) is 59.5 Å². The Balaban J connectivity index is 2.76. The highest BCUT2D eigenvalue weighted by Crippen LogP contribution is 2.35. The third-order valence-corrected chi connectivity index (χ3v) is 6.52. The minimum Gasteiger partial charge on any atom is -0.404 e. The van der Waals surface area contributed by atoms with Gasteiger partial charge < -0.3 is 15.6 Å². The first kappa shape index (κ1) is 27.4. The maximum Gasteiger partial charge on any atom is 0.0942 e. The van der Waals surface area contributed by atoms with E-state index in [9.17, 15) is 0 Å². The highest BCUT2D eigenvalue weighted by molar-refractivity contribution is 6.22. The van der Waals surface area contributed by atoms with E-state index >= 15 is 0 Å². The van der Waals surface area contributed by atoms with Crippen molar-refractivity contribution in [3.63, 3.8) is 0 Å². The van der Waals surface area contributed by atoms with Crippen LogP contribution in [0, 0.1) is 12.8 Å². The zero-order chi connectivity index (χ0) is 25.4. The first-order chi connectivity index (χ1) is 16.2. The summed E-state index contributed by atoms with van der Waals surface area (Å²) in [5, 5.41) is 3.77. The molecule has 5 nitrogen and oxygen atoms in total. The van der Waals surface area contributed by atoms with Crippen LogP contribution >= 0.6 is 0 Å². The Morgan fingerprint density at radius 1 is 1.24 bits per heavy atom.